The van der Waals surface area contributed by atoms with Crippen LogP contribution in [0.4, 0.5) is 0 Å². The lowest BCUT2D eigenvalue weighted by Gasteiger charge is -2.33. The van der Waals surface area contributed by atoms with E-state index >= 15 is 0 Å². The van der Waals surface area contributed by atoms with Crippen LogP contribution >= 0.6 is 11.6 Å². The Morgan fingerprint density at radius 2 is 1.87 bits per heavy atom. The average molecular weight is 326 g/mol. The Balaban J connectivity index is 1.64. The molecule has 0 saturated carbocycles. The van der Waals surface area contributed by atoms with Gasteiger partial charge in [0.1, 0.15) is 5.00 Å². The molecule has 1 aromatic carbocycles. The molecule has 0 bridgehead atoms. The normalized spacial score (nSPS) is 20.0. The average Bonchev–Trinajstić information content (AvgIpc) is 2.58. The summed E-state index contributed by atoms with van der Waals surface area (Å²) < 4.78 is 0. The SMILES string of the molecule is ClC1(Cc2cccnc2)NC=CC=C1CNCc1ccccc1. The summed E-state index contributed by atoms with van der Waals surface area (Å²) >= 11 is 6.86. The summed E-state index contributed by atoms with van der Waals surface area (Å²) in [5, 5.41) is 6.76. The van der Waals surface area contributed by atoms with Crippen molar-refractivity contribution >= 4 is 11.6 Å². The maximum absolute atomic E-state index is 6.86. The maximum Gasteiger partial charge on any atom is 0.139 e. The second-order valence-electron chi connectivity index (χ2n) is 5.62. The van der Waals surface area contributed by atoms with Crippen LogP contribution in [0.2, 0.25) is 0 Å². The highest BCUT2D eigenvalue weighted by Gasteiger charge is 2.31. The van der Waals surface area contributed by atoms with Gasteiger partial charge < -0.3 is 10.6 Å². The van der Waals surface area contributed by atoms with Gasteiger partial charge in [-0.05, 0) is 35.0 Å². The van der Waals surface area contributed by atoms with Gasteiger partial charge in [-0.1, -0.05) is 54.1 Å². The Kier molecular flexibility index (Phi) is 5.11. The van der Waals surface area contributed by atoms with Crippen molar-refractivity contribution in [3.63, 3.8) is 0 Å². The molecule has 1 unspecified atom stereocenters. The second kappa shape index (κ2) is 7.44. The van der Waals surface area contributed by atoms with Crippen molar-refractivity contribution in [2.75, 3.05) is 6.54 Å². The van der Waals surface area contributed by atoms with Gasteiger partial charge in [0.25, 0.3) is 0 Å². The monoisotopic (exact) mass is 325 g/mol. The molecule has 2 heterocycles. The molecule has 1 atom stereocenters. The molecule has 0 spiro atoms. The minimum atomic E-state index is -0.610. The van der Waals surface area contributed by atoms with Crippen LogP contribution in [0.15, 0.2) is 78.8 Å². The van der Waals surface area contributed by atoms with Crippen molar-refractivity contribution in [1.82, 2.24) is 15.6 Å². The Bertz CT molecular complexity index is 682. The Morgan fingerprint density at radius 1 is 1.04 bits per heavy atom. The summed E-state index contributed by atoms with van der Waals surface area (Å²) in [6, 6.07) is 14.3. The van der Waals surface area contributed by atoms with E-state index in [1.807, 2.05) is 36.7 Å². The van der Waals surface area contributed by atoms with Crippen LogP contribution in [0.25, 0.3) is 0 Å². The number of alkyl halides is 1. The summed E-state index contributed by atoms with van der Waals surface area (Å²) in [7, 11) is 0. The highest BCUT2D eigenvalue weighted by molar-refractivity contribution is 6.26. The van der Waals surface area contributed by atoms with Gasteiger partial charge in [0.15, 0.2) is 0 Å². The third-order valence-electron chi connectivity index (χ3n) is 3.87. The molecule has 4 heteroatoms. The van der Waals surface area contributed by atoms with Crippen LogP contribution in [-0.2, 0) is 13.0 Å². The van der Waals surface area contributed by atoms with Crippen LogP contribution in [0, 0.1) is 0 Å². The molecule has 1 aromatic heterocycles. The second-order valence-corrected chi connectivity index (χ2v) is 6.27. The molecule has 1 aliphatic heterocycles. The van der Waals surface area contributed by atoms with E-state index in [2.05, 4.69) is 46.0 Å². The van der Waals surface area contributed by atoms with E-state index in [1.165, 1.54) is 5.56 Å². The lowest BCUT2D eigenvalue weighted by molar-refractivity contribution is 0.552. The number of aromatic nitrogens is 1. The first-order valence-corrected chi connectivity index (χ1v) is 8.10. The highest BCUT2D eigenvalue weighted by atomic mass is 35.5. The number of nitrogens with zero attached hydrogens (tertiary/aromatic N) is 1. The molecule has 0 radical (unpaired) electrons. The van der Waals surface area contributed by atoms with E-state index < -0.39 is 5.00 Å². The van der Waals surface area contributed by atoms with Crippen molar-refractivity contribution < 1.29 is 0 Å². The zero-order chi connectivity index (χ0) is 16.0. The minimum Gasteiger partial charge on any atom is -0.369 e. The van der Waals surface area contributed by atoms with E-state index in [0.717, 1.165) is 24.2 Å². The standard InChI is InChI=1S/C19H20ClN3/c20-19(12-17-8-4-10-21-14-17)18(9-5-11-23-19)15-22-13-16-6-2-1-3-7-16/h1-11,14,22-23H,12-13,15H2. The fourth-order valence-electron chi connectivity index (χ4n) is 2.65. The van der Waals surface area contributed by atoms with Gasteiger partial charge >= 0.3 is 0 Å². The van der Waals surface area contributed by atoms with Crippen molar-refractivity contribution in [2.45, 2.75) is 18.0 Å². The number of hydrogen-bond donors (Lipinski definition) is 2. The summed E-state index contributed by atoms with van der Waals surface area (Å²) in [6.45, 7) is 1.55. The predicted octanol–water partition coefficient (Wildman–Crippen LogP) is 3.39. The molecule has 3 nitrogen and oxygen atoms in total. The molecule has 1 aliphatic rings. The first-order valence-electron chi connectivity index (χ1n) is 7.73. The van der Waals surface area contributed by atoms with Crippen LogP contribution < -0.4 is 10.6 Å². The van der Waals surface area contributed by atoms with Gasteiger partial charge in [-0.3, -0.25) is 4.98 Å². The Morgan fingerprint density at radius 3 is 2.65 bits per heavy atom. The van der Waals surface area contributed by atoms with Crippen LogP contribution in [-0.4, -0.2) is 16.5 Å². The third kappa shape index (κ3) is 4.21. The van der Waals surface area contributed by atoms with Gasteiger partial charge in [0, 0.05) is 31.9 Å². The molecule has 0 aliphatic carbocycles. The first kappa shape index (κ1) is 15.8. The number of nitrogens with one attached hydrogen (secondary N) is 2. The minimum absolute atomic E-state index is 0.610. The number of benzene rings is 1. The molecule has 0 saturated heterocycles. The van der Waals surface area contributed by atoms with Crippen molar-refractivity contribution in [2.24, 2.45) is 0 Å². The number of pyridine rings is 1. The molecule has 0 amide bonds. The van der Waals surface area contributed by atoms with E-state index in [4.69, 9.17) is 11.6 Å². The Labute approximate surface area is 142 Å². The quantitative estimate of drug-likeness (QED) is 0.631. The van der Waals surface area contributed by atoms with E-state index in [-0.39, 0.29) is 0 Å². The van der Waals surface area contributed by atoms with Crippen molar-refractivity contribution in [3.8, 4) is 0 Å². The number of hydrogen-bond acceptors (Lipinski definition) is 3. The zero-order valence-corrected chi connectivity index (χ0v) is 13.6. The smallest absolute Gasteiger partial charge is 0.139 e. The highest BCUT2D eigenvalue weighted by Crippen LogP contribution is 2.28. The summed E-state index contributed by atoms with van der Waals surface area (Å²) in [5.41, 5.74) is 3.50. The van der Waals surface area contributed by atoms with Crippen molar-refractivity contribution in [1.29, 1.82) is 0 Å². The summed E-state index contributed by atoms with van der Waals surface area (Å²) in [6.07, 6.45) is 10.3. The molecule has 0 fully saturated rings. The van der Waals surface area contributed by atoms with Gasteiger partial charge in [-0.25, -0.2) is 0 Å². The first-order chi connectivity index (χ1) is 11.3. The zero-order valence-electron chi connectivity index (χ0n) is 12.9. The number of rotatable bonds is 6. The number of dihydropyridines is 1. The van der Waals surface area contributed by atoms with Crippen molar-refractivity contribution in [3.05, 3.63) is 89.9 Å². The number of allylic oxidation sites excluding steroid dienone is 2. The maximum atomic E-state index is 6.86. The van der Waals surface area contributed by atoms with Gasteiger partial charge in [-0.15, -0.1) is 0 Å². The van der Waals surface area contributed by atoms with E-state index in [0.29, 0.717) is 6.42 Å². The molecule has 118 valence electrons. The largest absolute Gasteiger partial charge is 0.369 e. The van der Waals surface area contributed by atoms with Crippen LogP contribution in [0.5, 0.6) is 0 Å². The molecule has 2 aromatic rings. The van der Waals surface area contributed by atoms with Gasteiger partial charge in [-0.2, -0.15) is 0 Å². The lowest BCUT2D eigenvalue weighted by atomic mass is 9.96. The summed E-state index contributed by atoms with van der Waals surface area (Å²) in [5.74, 6) is 0. The molecule has 3 rings (SSSR count). The van der Waals surface area contributed by atoms with E-state index in [1.54, 1.807) is 6.20 Å². The Hall–Kier alpha value is -2.10. The predicted molar refractivity (Wildman–Crippen MR) is 95.0 cm³/mol. The molecular weight excluding hydrogens is 306 g/mol. The molecule has 23 heavy (non-hydrogen) atoms. The molecular formula is C19H20ClN3. The van der Waals surface area contributed by atoms with Gasteiger partial charge in [0.2, 0.25) is 0 Å². The van der Waals surface area contributed by atoms with E-state index in [9.17, 15) is 0 Å². The van der Waals surface area contributed by atoms with Crippen LogP contribution in [0.3, 0.4) is 0 Å². The topological polar surface area (TPSA) is 37.0 Å². The molecule has 2 N–H and O–H groups in total. The summed E-state index contributed by atoms with van der Waals surface area (Å²) in [4.78, 5) is 3.56. The van der Waals surface area contributed by atoms with Gasteiger partial charge in [0.05, 0.1) is 0 Å². The number of halogens is 1. The third-order valence-corrected chi connectivity index (χ3v) is 4.36. The lowest BCUT2D eigenvalue weighted by Crippen LogP contribution is -2.45. The fourth-order valence-corrected chi connectivity index (χ4v) is 3.00. The fraction of sp³-hybridized carbons (Fsp3) is 0.211. The van der Waals surface area contributed by atoms with Crippen LogP contribution in [0.1, 0.15) is 11.1 Å².